The summed E-state index contributed by atoms with van der Waals surface area (Å²) in [6, 6.07) is 16.1. The van der Waals surface area contributed by atoms with E-state index >= 15 is 0 Å². The average molecular weight is 325 g/mol. The summed E-state index contributed by atoms with van der Waals surface area (Å²) in [5.74, 6) is 1.40. The maximum absolute atomic E-state index is 11.9. The van der Waals surface area contributed by atoms with Crippen LogP contribution in [0.3, 0.4) is 0 Å². The lowest BCUT2D eigenvalue weighted by Crippen LogP contribution is -2.12. The van der Waals surface area contributed by atoms with Gasteiger partial charge in [0, 0.05) is 12.1 Å². The van der Waals surface area contributed by atoms with Crippen LogP contribution in [0.25, 0.3) is 0 Å². The normalized spacial score (nSPS) is 10.7. The van der Waals surface area contributed by atoms with E-state index in [2.05, 4.69) is 38.2 Å². The Morgan fingerprint density at radius 3 is 2.29 bits per heavy atom. The fourth-order valence-electron chi connectivity index (χ4n) is 2.42. The van der Waals surface area contributed by atoms with Gasteiger partial charge in [0.05, 0.1) is 6.61 Å². The molecule has 0 bridgehead atoms. The second-order valence-corrected chi connectivity index (χ2v) is 6.27. The minimum Gasteiger partial charge on any atom is -0.494 e. The zero-order chi connectivity index (χ0) is 17.4. The fourth-order valence-corrected chi connectivity index (χ4v) is 2.42. The lowest BCUT2D eigenvalue weighted by molar-refractivity contribution is -0.116. The molecule has 0 aromatic heterocycles. The zero-order valence-electron chi connectivity index (χ0n) is 14.8. The first-order valence-corrected chi connectivity index (χ1v) is 8.70. The van der Waals surface area contributed by atoms with Crippen molar-refractivity contribution >= 4 is 11.6 Å². The Balaban J connectivity index is 1.68. The number of carbonyl (C=O) groups is 1. The van der Waals surface area contributed by atoms with Gasteiger partial charge >= 0.3 is 0 Å². The fraction of sp³-hybridized carbons (Fsp3) is 0.381. The quantitative estimate of drug-likeness (QED) is 0.680. The van der Waals surface area contributed by atoms with Crippen molar-refractivity contribution in [3.63, 3.8) is 0 Å². The van der Waals surface area contributed by atoms with Gasteiger partial charge < -0.3 is 10.1 Å². The van der Waals surface area contributed by atoms with E-state index in [1.165, 1.54) is 11.1 Å². The standard InChI is InChI=1S/C21H27NO2/c1-4-17-7-11-19(12-8-17)22-21(23)6-5-15-24-20-13-9-18(10-14-20)16(2)3/h7-14,16H,4-6,15H2,1-3H3,(H,22,23). The molecule has 0 saturated heterocycles. The lowest BCUT2D eigenvalue weighted by Gasteiger charge is -2.09. The summed E-state index contributed by atoms with van der Waals surface area (Å²) in [6.45, 7) is 7.00. The Morgan fingerprint density at radius 1 is 1.04 bits per heavy atom. The number of anilines is 1. The molecule has 0 radical (unpaired) electrons. The van der Waals surface area contributed by atoms with Gasteiger partial charge in [0.15, 0.2) is 0 Å². The van der Waals surface area contributed by atoms with Gasteiger partial charge in [0.25, 0.3) is 0 Å². The number of nitrogens with one attached hydrogen (secondary N) is 1. The number of amides is 1. The largest absolute Gasteiger partial charge is 0.494 e. The molecule has 0 fully saturated rings. The molecule has 0 saturated carbocycles. The summed E-state index contributed by atoms with van der Waals surface area (Å²) in [6.07, 6.45) is 2.16. The summed E-state index contributed by atoms with van der Waals surface area (Å²) < 4.78 is 5.69. The molecule has 2 rings (SSSR count). The highest BCUT2D eigenvalue weighted by molar-refractivity contribution is 5.90. The molecule has 0 heterocycles. The van der Waals surface area contributed by atoms with Gasteiger partial charge in [-0.2, -0.15) is 0 Å². The number of rotatable bonds is 8. The third kappa shape index (κ3) is 5.73. The summed E-state index contributed by atoms with van der Waals surface area (Å²) in [7, 11) is 0. The van der Waals surface area contributed by atoms with Crippen LogP contribution in [-0.4, -0.2) is 12.5 Å². The number of hydrogen-bond acceptors (Lipinski definition) is 2. The van der Waals surface area contributed by atoms with Crippen molar-refractivity contribution in [1.29, 1.82) is 0 Å². The van der Waals surface area contributed by atoms with Gasteiger partial charge in [-0.3, -0.25) is 4.79 Å². The first-order chi connectivity index (χ1) is 11.6. The second kappa shape index (κ2) is 9.11. The molecule has 0 unspecified atom stereocenters. The van der Waals surface area contributed by atoms with E-state index in [9.17, 15) is 4.79 Å². The Kier molecular flexibility index (Phi) is 6.86. The Bertz CT molecular complexity index is 630. The van der Waals surface area contributed by atoms with Crippen molar-refractivity contribution in [3.8, 4) is 5.75 Å². The van der Waals surface area contributed by atoms with Gasteiger partial charge in [-0.25, -0.2) is 0 Å². The summed E-state index contributed by atoms with van der Waals surface area (Å²) in [5.41, 5.74) is 3.42. The van der Waals surface area contributed by atoms with Crippen molar-refractivity contribution in [2.75, 3.05) is 11.9 Å². The van der Waals surface area contributed by atoms with Crippen molar-refractivity contribution < 1.29 is 9.53 Å². The van der Waals surface area contributed by atoms with Crippen molar-refractivity contribution in [2.24, 2.45) is 0 Å². The van der Waals surface area contributed by atoms with E-state index in [1.54, 1.807) is 0 Å². The highest BCUT2D eigenvalue weighted by Crippen LogP contribution is 2.18. The first-order valence-electron chi connectivity index (χ1n) is 8.70. The van der Waals surface area contributed by atoms with E-state index < -0.39 is 0 Å². The van der Waals surface area contributed by atoms with Crippen molar-refractivity contribution in [1.82, 2.24) is 0 Å². The molecule has 2 aromatic carbocycles. The number of aryl methyl sites for hydroxylation is 1. The summed E-state index contributed by atoms with van der Waals surface area (Å²) in [4.78, 5) is 11.9. The van der Waals surface area contributed by atoms with Gasteiger partial charge in [0.2, 0.25) is 5.91 Å². The van der Waals surface area contributed by atoms with Crippen LogP contribution in [0.5, 0.6) is 5.75 Å². The molecule has 1 amide bonds. The van der Waals surface area contributed by atoms with Crippen LogP contribution < -0.4 is 10.1 Å². The van der Waals surface area contributed by atoms with E-state index in [4.69, 9.17) is 4.74 Å². The minimum atomic E-state index is 0.0259. The SMILES string of the molecule is CCc1ccc(NC(=O)CCCOc2ccc(C(C)C)cc2)cc1. The topological polar surface area (TPSA) is 38.3 Å². The molecule has 3 heteroatoms. The van der Waals surface area contributed by atoms with Crippen LogP contribution in [0.1, 0.15) is 50.7 Å². The number of hydrogen-bond donors (Lipinski definition) is 1. The number of ether oxygens (including phenoxy) is 1. The third-order valence-corrected chi connectivity index (χ3v) is 4.01. The minimum absolute atomic E-state index is 0.0259. The summed E-state index contributed by atoms with van der Waals surface area (Å²) in [5, 5.41) is 2.92. The highest BCUT2D eigenvalue weighted by atomic mass is 16.5. The van der Waals surface area contributed by atoms with Crippen LogP contribution in [0.15, 0.2) is 48.5 Å². The molecule has 24 heavy (non-hydrogen) atoms. The molecule has 1 N–H and O–H groups in total. The molecule has 3 nitrogen and oxygen atoms in total. The zero-order valence-corrected chi connectivity index (χ0v) is 14.8. The Labute approximate surface area is 145 Å². The Morgan fingerprint density at radius 2 is 1.71 bits per heavy atom. The van der Waals surface area contributed by atoms with Crippen LogP contribution in [0.4, 0.5) is 5.69 Å². The molecule has 0 aliphatic heterocycles. The highest BCUT2D eigenvalue weighted by Gasteiger charge is 2.03. The Hall–Kier alpha value is -2.29. The predicted molar refractivity (Wildman–Crippen MR) is 99.7 cm³/mol. The maximum Gasteiger partial charge on any atom is 0.224 e. The second-order valence-electron chi connectivity index (χ2n) is 6.27. The molecule has 0 spiro atoms. The number of carbonyl (C=O) groups excluding carboxylic acids is 1. The number of benzene rings is 2. The molecular formula is C21H27NO2. The molecule has 0 atom stereocenters. The molecule has 0 aliphatic rings. The summed E-state index contributed by atoms with van der Waals surface area (Å²) >= 11 is 0. The third-order valence-electron chi connectivity index (χ3n) is 4.01. The van der Waals surface area contributed by atoms with E-state index in [0.717, 1.165) is 17.9 Å². The van der Waals surface area contributed by atoms with Gasteiger partial charge in [-0.1, -0.05) is 45.0 Å². The predicted octanol–water partition coefficient (Wildman–Crippen LogP) is 5.17. The van der Waals surface area contributed by atoms with E-state index in [0.29, 0.717) is 25.4 Å². The van der Waals surface area contributed by atoms with Crippen molar-refractivity contribution in [2.45, 2.75) is 46.0 Å². The molecule has 2 aromatic rings. The van der Waals surface area contributed by atoms with Crippen LogP contribution in [0, 0.1) is 0 Å². The van der Waals surface area contributed by atoms with Crippen LogP contribution >= 0.6 is 0 Å². The maximum atomic E-state index is 11.9. The van der Waals surface area contributed by atoms with Crippen LogP contribution in [0.2, 0.25) is 0 Å². The monoisotopic (exact) mass is 325 g/mol. The lowest BCUT2D eigenvalue weighted by atomic mass is 10.0. The first kappa shape index (κ1) is 18.1. The van der Waals surface area contributed by atoms with Gasteiger partial charge in [0.1, 0.15) is 5.75 Å². The van der Waals surface area contributed by atoms with E-state index in [-0.39, 0.29) is 5.91 Å². The van der Waals surface area contributed by atoms with Crippen molar-refractivity contribution in [3.05, 3.63) is 59.7 Å². The van der Waals surface area contributed by atoms with Crippen LogP contribution in [-0.2, 0) is 11.2 Å². The molecule has 0 aliphatic carbocycles. The average Bonchev–Trinajstić information content (AvgIpc) is 2.60. The van der Waals surface area contributed by atoms with Gasteiger partial charge in [-0.15, -0.1) is 0 Å². The molecule has 128 valence electrons. The molecular weight excluding hydrogens is 298 g/mol. The smallest absolute Gasteiger partial charge is 0.224 e. The van der Waals surface area contributed by atoms with Gasteiger partial charge in [-0.05, 0) is 54.2 Å². The van der Waals surface area contributed by atoms with E-state index in [1.807, 2.05) is 36.4 Å².